The van der Waals surface area contributed by atoms with Crippen molar-refractivity contribution in [2.45, 2.75) is 6.92 Å². The summed E-state index contributed by atoms with van der Waals surface area (Å²) in [6, 6.07) is 24.1. The molecule has 0 saturated heterocycles. The average Bonchev–Trinajstić information content (AvgIpc) is 2.85. The van der Waals surface area contributed by atoms with Gasteiger partial charge in [0, 0.05) is 20.2 Å². The summed E-state index contributed by atoms with van der Waals surface area (Å²) in [5, 5.41) is 2.75. The Kier molecular flexibility index (Phi) is 2.61. The maximum absolute atomic E-state index is 2.31. The summed E-state index contributed by atoms with van der Waals surface area (Å²) in [6.45, 7) is 2.15. The molecule has 96 valence electrons. The lowest BCUT2D eigenvalue weighted by molar-refractivity contribution is 1.52. The van der Waals surface area contributed by atoms with Crippen molar-refractivity contribution in [2.75, 3.05) is 0 Å². The normalized spacial score (nSPS) is 11.2. The van der Waals surface area contributed by atoms with Gasteiger partial charge in [-0.15, -0.1) is 11.3 Å². The van der Waals surface area contributed by atoms with E-state index in [0.717, 1.165) is 0 Å². The smallest absolute Gasteiger partial charge is 0.0361 e. The summed E-state index contributed by atoms with van der Waals surface area (Å²) in [5.41, 5.74) is 3.90. The molecule has 0 radical (unpaired) electrons. The van der Waals surface area contributed by atoms with Crippen molar-refractivity contribution >= 4 is 31.5 Å². The molecule has 0 aliphatic carbocycles. The van der Waals surface area contributed by atoms with Gasteiger partial charge in [0.15, 0.2) is 0 Å². The van der Waals surface area contributed by atoms with E-state index in [1.54, 1.807) is 0 Å². The third-order valence-electron chi connectivity index (χ3n) is 3.73. The van der Waals surface area contributed by atoms with E-state index in [1.807, 2.05) is 11.3 Å². The van der Waals surface area contributed by atoms with Gasteiger partial charge in [0.2, 0.25) is 0 Å². The number of hydrogen-bond donors (Lipinski definition) is 0. The van der Waals surface area contributed by atoms with Gasteiger partial charge in [-0.2, -0.15) is 0 Å². The van der Waals surface area contributed by atoms with Crippen molar-refractivity contribution < 1.29 is 0 Å². The van der Waals surface area contributed by atoms with Crippen molar-refractivity contribution in [1.82, 2.24) is 0 Å². The monoisotopic (exact) mass is 274 g/mol. The highest BCUT2D eigenvalue weighted by Gasteiger charge is 2.06. The summed E-state index contributed by atoms with van der Waals surface area (Å²) in [6.07, 6.45) is 0. The van der Waals surface area contributed by atoms with Crippen LogP contribution in [0.1, 0.15) is 5.56 Å². The van der Waals surface area contributed by atoms with Crippen LogP contribution in [0.4, 0.5) is 0 Å². The lowest BCUT2D eigenvalue weighted by atomic mass is 10.0. The lowest BCUT2D eigenvalue weighted by Gasteiger charge is -2.01. The number of fused-ring (bicyclic) bond motifs is 3. The molecule has 0 unspecified atom stereocenters. The second-order valence-electron chi connectivity index (χ2n) is 5.18. The van der Waals surface area contributed by atoms with Gasteiger partial charge >= 0.3 is 0 Å². The highest BCUT2D eigenvalue weighted by molar-refractivity contribution is 7.25. The molecule has 0 fully saturated rings. The predicted octanol–water partition coefficient (Wildman–Crippen LogP) is 6.03. The molecule has 0 spiro atoms. The first-order chi connectivity index (χ1) is 9.81. The summed E-state index contributed by atoms with van der Waals surface area (Å²) in [5.74, 6) is 0. The minimum atomic E-state index is 1.28. The standard InChI is InChI=1S/C19H14S/c1-13-7-10-18-17(11-13)16-9-8-15(12-19(16)20-18)14-5-3-2-4-6-14/h2-12H,1H3. The number of hydrogen-bond acceptors (Lipinski definition) is 1. The molecular formula is C19H14S. The van der Waals surface area contributed by atoms with E-state index in [2.05, 4.69) is 73.7 Å². The zero-order chi connectivity index (χ0) is 13.5. The van der Waals surface area contributed by atoms with E-state index in [1.165, 1.54) is 36.9 Å². The van der Waals surface area contributed by atoms with E-state index < -0.39 is 0 Å². The molecule has 4 rings (SSSR count). The number of rotatable bonds is 1. The van der Waals surface area contributed by atoms with Crippen molar-refractivity contribution in [1.29, 1.82) is 0 Å². The van der Waals surface area contributed by atoms with Crippen LogP contribution in [0.2, 0.25) is 0 Å². The van der Waals surface area contributed by atoms with Crippen LogP contribution in [-0.2, 0) is 0 Å². The van der Waals surface area contributed by atoms with E-state index in [-0.39, 0.29) is 0 Å². The third-order valence-corrected chi connectivity index (χ3v) is 4.87. The highest BCUT2D eigenvalue weighted by atomic mass is 32.1. The summed E-state index contributed by atoms with van der Waals surface area (Å²) in [4.78, 5) is 0. The van der Waals surface area contributed by atoms with Gasteiger partial charge in [-0.05, 0) is 36.2 Å². The lowest BCUT2D eigenvalue weighted by Crippen LogP contribution is -1.76. The molecule has 0 bridgehead atoms. The fraction of sp³-hybridized carbons (Fsp3) is 0.0526. The first-order valence-corrected chi connectivity index (χ1v) is 7.61. The second kappa shape index (κ2) is 4.46. The molecule has 1 aromatic heterocycles. The zero-order valence-corrected chi connectivity index (χ0v) is 12.1. The van der Waals surface area contributed by atoms with Crippen molar-refractivity contribution in [3.05, 3.63) is 72.3 Å². The topological polar surface area (TPSA) is 0 Å². The minimum Gasteiger partial charge on any atom is -0.135 e. The molecule has 3 aromatic carbocycles. The average molecular weight is 274 g/mol. The SMILES string of the molecule is Cc1ccc2sc3cc(-c4ccccc4)ccc3c2c1. The molecule has 1 heterocycles. The molecule has 20 heavy (non-hydrogen) atoms. The summed E-state index contributed by atoms with van der Waals surface area (Å²) >= 11 is 1.88. The predicted molar refractivity (Wildman–Crippen MR) is 89.5 cm³/mol. The second-order valence-corrected chi connectivity index (χ2v) is 6.26. The van der Waals surface area contributed by atoms with Gasteiger partial charge in [-0.25, -0.2) is 0 Å². The Labute approximate surface area is 122 Å². The largest absolute Gasteiger partial charge is 0.135 e. The Morgan fingerprint density at radius 3 is 2.35 bits per heavy atom. The number of aryl methyl sites for hydroxylation is 1. The van der Waals surface area contributed by atoms with Gasteiger partial charge in [-0.3, -0.25) is 0 Å². The van der Waals surface area contributed by atoms with E-state index in [9.17, 15) is 0 Å². The highest BCUT2D eigenvalue weighted by Crippen LogP contribution is 2.36. The van der Waals surface area contributed by atoms with Gasteiger partial charge in [-0.1, -0.05) is 54.1 Å². The molecule has 0 N–H and O–H groups in total. The molecule has 0 amide bonds. The Hall–Kier alpha value is -2.12. The van der Waals surface area contributed by atoms with Crippen LogP contribution in [0.25, 0.3) is 31.3 Å². The number of benzene rings is 3. The summed E-state index contributed by atoms with van der Waals surface area (Å²) in [7, 11) is 0. The van der Waals surface area contributed by atoms with Crippen LogP contribution in [-0.4, -0.2) is 0 Å². The van der Waals surface area contributed by atoms with Crippen LogP contribution < -0.4 is 0 Å². The zero-order valence-electron chi connectivity index (χ0n) is 11.3. The van der Waals surface area contributed by atoms with Gasteiger partial charge in [0.1, 0.15) is 0 Å². The van der Waals surface area contributed by atoms with E-state index in [4.69, 9.17) is 0 Å². The van der Waals surface area contributed by atoms with Crippen LogP contribution in [0.5, 0.6) is 0 Å². The quantitative estimate of drug-likeness (QED) is 0.397. The van der Waals surface area contributed by atoms with Crippen LogP contribution in [0.3, 0.4) is 0 Å². The Balaban J connectivity index is 1.98. The van der Waals surface area contributed by atoms with Crippen LogP contribution in [0.15, 0.2) is 66.7 Å². The van der Waals surface area contributed by atoms with Crippen molar-refractivity contribution in [2.24, 2.45) is 0 Å². The molecule has 4 aromatic rings. The molecule has 1 heteroatoms. The van der Waals surface area contributed by atoms with Crippen molar-refractivity contribution in [3.63, 3.8) is 0 Å². The number of thiophene rings is 1. The third kappa shape index (κ3) is 1.83. The van der Waals surface area contributed by atoms with Gasteiger partial charge in [0.05, 0.1) is 0 Å². The molecule has 0 atom stereocenters. The summed E-state index contributed by atoms with van der Waals surface area (Å²) < 4.78 is 2.74. The fourth-order valence-electron chi connectivity index (χ4n) is 2.70. The maximum atomic E-state index is 2.31. The Morgan fingerprint density at radius 2 is 1.50 bits per heavy atom. The van der Waals surface area contributed by atoms with Crippen LogP contribution in [0, 0.1) is 6.92 Å². The minimum absolute atomic E-state index is 1.28. The first-order valence-electron chi connectivity index (χ1n) is 6.79. The molecule has 0 aliphatic rings. The fourth-order valence-corrected chi connectivity index (χ4v) is 3.83. The van der Waals surface area contributed by atoms with Gasteiger partial charge in [0.25, 0.3) is 0 Å². The molecule has 0 nitrogen and oxygen atoms in total. The van der Waals surface area contributed by atoms with Crippen LogP contribution >= 0.6 is 11.3 Å². The molecule has 0 aliphatic heterocycles. The maximum Gasteiger partial charge on any atom is 0.0361 e. The first kappa shape index (κ1) is 11.7. The van der Waals surface area contributed by atoms with E-state index in [0.29, 0.717) is 0 Å². The Morgan fingerprint density at radius 1 is 0.650 bits per heavy atom. The van der Waals surface area contributed by atoms with Gasteiger partial charge < -0.3 is 0 Å². The van der Waals surface area contributed by atoms with Crippen molar-refractivity contribution in [3.8, 4) is 11.1 Å². The molecule has 0 saturated carbocycles. The molecular weight excluding hydrogens is 260 g/mol. The Bertz CT molecular complexity index is 901. The van der Waals surface area contributed by atoms with E-state index >= 15 is 0 Å².